The molecule has 2 N–H and O–H groups in total. The van der Waals surface area contributed by atoms with Gasteiger partial charge in [-0.2, -0.15) is 0 Å². The summed E-state index contributed by atoms with van der Waals surface area (Å²) in [4.78, 5) is 0. The Morgan fingerprint density at radius 3 is 2.76 bits per heavy atom. The second kappa shape index (κ2) is 7.64. The summed E-state index contributed by atoms with van der Waals surface area (Å²) in [5.74, 6) is 0.200. The van der Waals surface area contributed by atoms with Crippen LogP contribution in [-0.2, 0) is 0 Å². The van der Waals surface area contributed by atoms with E-state index in [2.05, 4.69) is 21.2 Å². The minimum Gasteiger partial charge on any atom is -0.489 e. The van der Waals surface area contributed by atoms with E-state index in [0.717, 1.165) is 0 Å². The van der Waals surface area contributed by atoms with Gasteiger partial charge in [0.1, 0.15) is 24.3 Å². The van der Waals surface area contributed by atoms with Crippen molar-refractivity contribution in [3.8, 4) is 5.75 Å². The second-order valence-corrected chi connectivity index (χ2v) is 5.67. The minimum atomic E-state index is -0.717. The molecule has 21 heavy (non-hydrogen) atoms. The van der Waals surface area contributed by atoms with Gasteiger partial charge >= 0.3 is 0 Å². The molecule has 3 nitrogen and oxygen atoms in total. The first-order chi connectivity index (χ1) is 10.1. The monoisotopic (exact) mass is 373 g/mol. The number of ether oxygens (including phenoxy) is 1. The summed E-state index contributed by atoms with van der Waals surface area (Å²) >= 11 is 9.06. The highest BCUT2D eigenvalue weighted by Gasteiger charge is 2.08. The average molecular weight is 375 g/mol. The average Bonchev–Trinajstić information content (AvgIpc) is 2.47. The Balaban J connectivity index is 1.81. The van der Waals surface area contributed by atoms with E-state index in [1.807, 2.05) is 6.07 Å². The highest BCUT2D eigenvalue weighted by atomic mass is 79.9. The highest BCUT2D eigenvalue weighted by Crippen LogP contribution is 2.23. The summed E-state index contributed by atoms with van der Waals surface area (Å²) < 4.78 is 18.9. The van der Waals surface area contributed by atoms with Crippen molar-refractivity contribution in [1.29, 1.82) is 0 Å². The largest absolute Gasteiger partial charge is 0.489 e. The zero-order valence-electron chi connectivity index (χ0n) is 11.0. The van der Waals surface area contributed by atoms with Gasteiger partial charge in [0.2, 0.25) is 0 Å². The Morgan fingerprint density at radius 2 is 2.05 bits per heavy atom. The van der Waals surface area contributed by atoms with Crippen molar-refractivity contribution in [3.05, 3.63) is 57.8 Å². The standard InChI is InChI=1S/C15H14BrClFNO2/c16-12-7-10(5-6-14(12)18)19-8-11(20)9-21-15-4-2-1-3-13(15)17/h1-7,11,19-20H,8-9H2. The van der Waals surface area contributed by atoms with Crippen LogP contribution in [-0.4, -0.2) is 24.4 Å². The number of anilines is 1. The lowest BCUT2D eigenvalue weighted by Crippen LogP contribution is -2.26. The van der Waals surface area contributed by atoms with E-state index in [4.69, 9.17) is 16.3 Å². The van der Waals surface area contributed by atoms with Crippen LogP contribution in [0.3, 0.4) is 0 Å². The maximum absolute atomic E-state index is 13.1. The molecular weight excluding hydrogens is 361 g/mol. The lowest BCUT2D eigenvalue weighted by atomic mass is 10.3. The fourth-order valence-corrected chi connectivity index (χ4v) is 2.22. The highest BCUT2D eigenvalue weighted by molar-refractivity contribution is 9.10. The number of aliphatic hydroxyl groups is 1. The topological polar surface area (TPSA) is 41.5 Å². The summed E-state index contributed by atoms with van der Waals surface area (Å²) in [6, 6.07) is 11.6. The fraction of sp³-hybridized carbons (Fsp3) is 0.200. The lowest BCUT2D eigenvalue weighted by molar-refractivity contribution is 0.117. The van der Waals surface area contributed by atoms with Gasteiger partial charge in [0.25, 0.3) is 0 Å². The lowest BCUT2D eigenvalue weighted by Gasteiger charge is -2.15. The predicted octanol–water partition coefficient (Wildman–Crippen LogP) is 4.09. The number of aliphatic hydroxyl groups excluding tert-OH is 1. The molecular formula is C15H14BrClFNO2. The van der Waals surface area contributed by atoms with Crippen LogP contribution >= 0.6 is 27.5 Å². The molecule has 1 atom stereocenters. The Labute approximate surface area is 135 Å². The van der Waals surface area contributed by atoms with Crippen molar-refractivity contribution in [2.24, 2.45) is 0 Å². The van der Waals surface area contributed by atoms with Crippen molar-refractivity contribution in [1.82, 2.24) is 0 Å². The van der Waals surface area contributed by atoms with E-state index < -0.39 is 6.10 Å². The van der Waals surface area contributed by atoms with Gasteiger partial charge in [0, 0.05) is 12.2 Å². The Hall–Kier alpha value is -1.30. The van der Waals surface area contributed by atoms with Crippen molar-refractivity contribution in [2.75, 3.05) is 18.5 Å². The normalized spacial score (nSPS) is 12.0. The molecule has 0 aromatic heterocycles. The SMILES string of the molecule is OC(CNc1ccc(F)c(Br)c1)COc1ccccc1Cl. The molecule has 6 heteroatoms. The smallest absolute Gasteiger partial charge is 0.138 e. The third kappa shape index (κ3) is 4.88. The van der Waals surface area contributed by atoms with E-state index in [-0.39, 0.29) is 19.0 Å². The zero-order chi connectivity index (χ0) is 15.2. The van der Waals surface area contributed by atoms with Gasteiger partial charge in [-0.3, -0.25) is 0 Å². The molecule has 0 saturated heterocycles. The fourth-order valence-electron chi connectivity index (χ4n) is 1.65. The van der Waals surface area contributed by atoms with Crippen molar-refractivity contribution < 1.29 is 14.2 Å². The van der Waals surface area contributed by atoms with Crippen LogP contribution in [0.4, 0.5) is 10.1 Å². The molecule has 0 radical (unpaired) electrons. The zero-order valence-corrected chi connectivity index (χ0v) is 13.4. The minimum absolute atomic E-state index is 0.110. The first kappa shape index (κ1) is 16.1. The molecule has 0 saturated carbocycles. The van der Waals surface area contributed by atoms with Crippen molar-refractivity contribution in [2.45, 2.75) is 6.10 Å². The number of nitrogens with one attached hydrogen (secondary N) is 1. The molecule has 0 aliphatic heterocycles. The second-order valence-electron chi connectivity index (χ2n) is 4.41. The van der Waals surface area contributed by atoms with Gasteiger partial charge in [-0.1, -0.05) is 23.7 Å². The van der Waals surface area contributed by atoms with E-state index in [1.165, 1.54) is 6.07 Å². The molecule has 0 bridgehead atoms. The number of hydrogen-bond acceptors (Lipinski definition) is 3. The van der Waals surface area contributed by atoms with Gasteiger partial charge in [-0.15, -0.1) is 0 Å². The summed E-state index contributed by atoms with van der Waals surface area (Å²) in [5.41, 5.74) is 0.708. The third-order valence-corrected chi connectivity index (χ3v) is 3.65. The molecule has 0 heterocycles. The van der Waals surface area contributed by atoms with E-state index in [1.54, 1.807) is 30.3 Å². The number of hydrogen-bond donors (Lipinski definition) is 2. The number of benzene rings is 2. The van der Waals surface area contributed by atoms with Crippen LogP contribution in [0.5, 0.6) is 5.75 Å². The molecule has 0 aliphatic rings. The van der Waals surface area contributed by atoms with Crippen LogP contribution in [0.25, 0.3) is 0 Å². The van der Waals surface area contributed by atoms with Crippen LogP contribution in [0.2, 0.25) is 5.02 Å². The molecule has 0 spiro atoms. The van der Waals surface area contributed by atoms with Crippen LogP contribution in [0.15, 0.2) is 46.9 Å². The maximum Gasteiger partial charge on any atom is 0.138 e. The summed E-state index contributed by atoms with van der Waals surface area (Å²) in [5, 5.41) is 13.4. The number of halogens is 3. The third-order valence-electron chi connectivity index (χ3n) is 2.73. The quantitative estimate of drug-likeness (QED) is 0.800. The Morgan fingerprint density at radius 1 is 1.29 bits per heavy atom. The Kier molecular flexibility index (Phi) is 5.85. The van der Waals surface area contributed by atoms with Gasteiger partial charge in [-0.25, -0.2) is 4.39 Å². The molecule has 2 rings (SSSR count). The van der Waals surface area contributed by atoms with Gasteiger partial charge in [0.05, 0.1) is 9.50 Å². The molecule has 0 amide bonds. The molecule has 0 fully saturated rings. The molecule has 2 aromatic carbocycles. The van der Waals surface area contributed by atoms with E-state index in [9.17, 15) is 9.50 Å². The predicted molar refractivity (Wildman–Crippen MR) is 85.5 cm³/mol. The van der Waals surface area contributed by atoms with Crippen molar-refractivity contribution >= 4 is 33.2 Å². The first-order valence-electron chi connectivity index (χ1n) is 6.30. The summed E-state index contributed by atoms with van der Waals surface area (Å²) in [7, 11) is 0. The van der Waals surface area contributed by atoms with Gasteiger partial charge < -0.3 is 15.2 Å². The van der Waals surface area contributed by atoms with E-state index in [0.29, 0.717) is 20.9 Å². The number of para-hydroxylation sites is 1. The maximum atomic E-state index is 13.1. The summed E-state index contributed by atoms with van der Waals surface area (Å²) in [6.07, 6.45) is -0.717. The van der Waals surface area contributed by atoms with Gasteiger partial charge in [-0.05, 0) is 46.3 Å². The first-order valence-corrected chi connectivity index (χ1v) is 7.47. The van der Waals surface area contributed by atoms with Gasteiger partial charge in [0.15, 0.2) is 0 Å². The molecule has 2 aromatic rings. The van der Waals surface area contributed by atoms with E-state index >= 15 is 0 Å². The Bertz CT molecular complexity index is 612. The molecule has 1 unspecified atom stereocenters. The van der Waals surface area contributed by atoms with Crippen LogP contribution in [0, 0.1) is 5.82 Å². The van der Waals surface area contributed by atoms with Crippen molar-refractivity contribution in [3.63, 3.8) is 0 Å². The van der Waals surface area contributed by atoms with Crippen LogP contribution < -0.4 is 10.1 Å². The van der Waals surface area contributed by atoms with Crippen LogP contribution in [0.1, 0.15) is 0 Å². The molecule has 0 aliphatic carbocycles. The molecule has 112 valence electrons. The number of rotatable bonds is 6. The summed E-state index contributed by atoms with van der Waals surface area (Å²) in [6.45, 7) is 0.390.